The Hall–Kier alpha value is -1.19. The van der Waals surface area contributed by atoms with Gasteiger partial charge in [-0.15, -0.1) is 0 Å². The van der Waals surface area contributed by atoms with Gasteiger partial charge in [-0.1, -0.05) is 23.7 Å². The average molecular weight is 225 g/mol. The highest BCUT2D eigenvalue weighted by Crippen LogP contribution is 2.25. The molecule has 0 bridgehead atoms. The van der Waals surface area contributed by atoms with Crippen LogP contribution in [0.4, 0.5) is 4.39 Å². The molecule has 15 heavy (non-hydrogen) atoms. The van der Waals surface area contributed by atoms with E-state index in [-0.39, 0.29) is 22.5 Å². The van der Waals surface area contributed by atoms with E-state index in [1.807, 2.05) is 6.92 Å². The molecule has 78 valence electrons. The van der Waals surface area contributed by atoms with Crippen molar-refractivity contribution in [2.75, 3.05) is 0 Å². The molecular weight excluding hydrogens is 215 g/mol. The highest BCUT2D eigenvalue weighted by molar-refractivity contribution is 6.30. The van der Waals surface area contributed by atoms with Gasteiger partial charge in [0.25, 0.3) is 0 Å². The van der Waals surface area contributed by atoms with Crippen molar-refractivity contribution in [3.05, 3.63) is 40.8 Å². The number of rotatable bonds is 1. The molecule has 0 saturated carbocycles. The molecule has 1 aromatic carbocycles. The molecule has 0 spiro atoms. The Bertz CT molecular complexity index is 511. The van der Waals surface area contributed by atoms with Crippen LogP contribution in [0.15, 0.2) is 24.3 Å². The van der Waals surface area contributed by atoms with Gasteiger partial charge in [0.2, 0.25) is 0 Å². The van der Waals surface area contributed by atoms with Crippen LogP contribution in [0.5, 0.6) is 0 Å². The predicted molar refractivity (Wildman–Crippen MR) is 59.3 cm³/mol. The highest BCUT2D eigenvalue weighted by atomic mass is 35.5. The number of nitrogens with two attached hydrogens (primary N) is 1. The third-order valence-electron chi connectivity index (χ3n) is 2.27. The second kappa shape index (κ2) is 3.76. The fraction of sp³-hybridized carbons (Fsp3) is 0.182. The number of aromatic nitrogens is 1. The molecule has 0 aliphatic rings. The number of nitrogens with zero attached hydrogens (tertiary/aromatic N) is 1. The maximum absolute atomic E-state index is 13.3. The summed E-state index contributed by atoms with van der Waals surface area (Å²) in [6.45, 7) is 1.81. The molecule has 2 rings (SSSR count). The quantitative estimate of drug-likeness (QED) is 0.757. The lowest BCUT2D eigenvalue weighted by Crippen LogP contribution is -2.06. The third kappa shape index (κ3) is 1.80. The molecule has 0 aliphatic heterocycles. The van der Waals surface area contributed by atoms with Crippen LogP contribution < -0.4 is 5.73 Å². The fourth-order valence-corrected chi connectivity index (χ4v) is 1.79. The molecule has 1 atom stereocenters. The zero-order valence-corrected chi connectivity index (χ0v) is 8.92. The van der Waals surface area contributed by atoms with E-state index in [1.165, 1.54) is 6.07 Å². The number of halogens is 2. The van der Waals surface area contributed by atoms with E-state index in [0.29, 0.717) is 5.39 Å². The van der Waals surface area contributed by atoms with Crippen molar-refractivity contribution < 1.29 is 4.39 Å². The van der Waals surface area contributed by atoms with Crippen molar-refractivity contribution >= 4 is 22.5 Å². The zero-order chi connectivity index (χ0) is 11.0. The molecule has 1 heterocycles. The molecule has 1 aromatic heterocycles. The van der Waals surface area contributed by atoms with Gasteiger partial charge >= 0.3 is 0 Å². The Kier molecular flexibility index (Phi) is 2.59. The number of hydrogen-bond acceptors (Lipinski definition) is 2. The van der Waals surface area contributed by atoms with Crippen molar-refractivity contribution in [2.24, 2.45) is 5.73 Å². The number of para-hydroxylation sites is 1. The van der Waals surface area contributed by atoms with Gasteiger partial charge in [-0.3, -0.25) is 0 Å². The Labute approximate surface area is 91.9 Å². The summed E-state index contributed by atoms with van der Waals surface area (Å²) in [6, 6.07) is 6.35. The Morgan fingerprint density at radius 1 is 1.47 bits per heavy atom. The lowest BCUT2D eigenvalue weighted by Gasteiger charge is -2.09. The molecule has 0 amide bonds. The fourth-order valence-electron chi connectivity index (χ4n) is 1.48. The highest BCUT2D eigenvalue weighted by Gasteiger charge is 2.10. The summed E-state index contributed by atoms with van der Waals surface area (Å²) in [5, 5.41) is 0.981. The SMILES string of the molecule is C[C@H](N)c1cc2cccc(F)c2nc1Cl. The van der Waals surface area contributed by atoms with Crippen molar-refractivity contribution in [3.8, 4) is 0 Å². The van der Waals surface area contributed by atoms with Gasteiger partial charge in [0, 0.05) is 17.0 Å². The van der Waals surface area contributed by atoms with Crippen molar-refractivity contribution in [1.82, 2.24) is 4.98 Å². The second-order valence-corrected chi connectivity index (χ2v) is 3.83. The monoisotopic (exact) mass is 224 g/mol. The van der Waals surface area contributed by atoms with Gasteiger partial charge < -0.3 is 5.73 Å². The van der Waals surface area contributed by atoms with Crippen LogP contribution in [0, 0.1) is 5.82 Å². The van der Waals surface area contributed by atoms with E-state index < -0.39 is 0 Å². The van der Waals surface area contributed by atoms with Crippen LogP contribution in [0.25, 0.3) is 10.9 Å². The van der Waals surface area contributed by atoms with Gasteiger partial charge in [-0.05, 0) is 19.1 Å². The summed E-state index contributed by atoms with van der Waals surface area (Å²) in [5.41, 5.74) is 6.74. The van der Waals surface area contributed by atoms with Crippen molar-refractivity contribution in [1.29, 1.82) is 0 Å². The van der Waals surface area contributed by atoms with Crippen LogP contribution in [-0.4, -0.2) is 4.98 Å². The van der Waals surface area contributed by atoms with E-state index in [2.05, 4.69) is 4.98 Å². The molecule has 0 fully saturated rings. The first-order valence-electron chi connectivity index (χ1n) is 4.60. The lowest BCUT2D eigenvalue weighted by atomic mass is 10.1. The number of fused-ring (bicyclic) bond motifs is 1. The lowest BCUT2D eigenvalue weighted by molar-refractivity contribution is 0.636. The maximum atomic E-state index is 13.3. The minimum Gasteiger partial charge on any atom is -0.324 e. The van der Waals surface area contributed by atoms with Gasteiger partial charge in [-0.25, -0.2) is 9.37 Å². The van der Waals surface area contributed by atoms with E-state index in [1.54, 1.807) is 18.2 Å². The molecule has 2 aromatic rings. The molecular formula is C11H10ClFN2. The normalized spacial score (nSPS) is 13.1. The summed E-state index contributed by atoms with van der Waals surface area (Å²) in [4.78, 5) is 4.01. The van der Waals surface area contributed by atoms with Crippen LogP contribution in [0.1, 0.15) is 18.5 Å². The van der Waals surface area contributed by atoms with Gasteiger partial charge in [-0.2, -0.15) is 0 Å². The van der Waals surface area contributed by atoms with Crippen molar-refractivity contribution in [2.45, 2.75) is 13.0 Å². The first-order chi connectivity index (χ1) is 7.09. The largest absolute Gasteiger partial charge is 0.324 e. The summed E-state index contributed by atoms with van der Waals surface area (Å²) >= 11 is 5.91. The van der Waals surface area contributed by atoms with E-state index in [4.69, 9.17) is 17.3 Å². The topological polar surface area (TPSA) is 38.9 Å². The smallest absolute Gasteiger partial charge is 0.149 e. The minimum atomic E-state index is -0.370. The standard InChI is InChI=1S/C11H10ClFN2/c1-6(14)8-5-7-3-2-4-9(13)10(7)15-11(8)12/h2-6H,14H2,1H3/t6-/m0/s1. The number of hydrogen-bond donors (Lipinski definition) is 1. The van der Waals surface area contributed by atoms with Crippen LogP contribution in [0.2, 0.25) is 5.15 Å². The number of pyridine rings is 1. The van der Waals surface area contributed by atoms with Gasteiger partial charge in [0.05, 0.1) is 0 Å². The predicted octanol–water partition coefficient (Wildman–Crippen LogP) is 3.05. The van der Waals surface area contributed by atoms with Crippen molar-refractivity contribution in [3.63, 3.8) is 0 Å². The van der Waals surface area contributed by atoms with E-state index in [0.717, 1.165) is 5.56 Å². The molecule has 2 N–H and O–H groups in total. The Balaban J connectivity index is 2.76. The molecule has 2 nitrogen and oxygen atoms in total. The zero-order valence-electron chi connectivity index (χ0n) is 8.17. The second-order valence-electron chi connectivity index (χ2n) is 3.47. The maximum Gasteiger partial charge on any atom is 0.149 e. The first-order valence-corrected chi connectivity index (χ1v) is 4.97. The van der Waals surface area contributed by atoms with Gasteiger partial charge in [0.1, 0.15) is 16.5 Å². The molecule has 0 radical (unpaired) electrons. The van der Waals surface area contributed by atoms with Crippen LogP contribution >= 0.6 is 11.6 Å². The minimum absolute atomic E-state index is 0.210. The van der Waals surface area contributed by atoms with Crippen LogP contribution in [0.3, 0.4) is 0 Å². The van der Waals surface area contributed by atoms with Crippen LogP contribution in [-0.2, 0) is 0 Å². The first kappa shape index (κ1) is 10.3. The molecule has 0 saturated heterocycles. The summed E-state index contributed by atoms with van der Waals surface area (Å²) < 4.78 is 13.3. The van der Waals surface area contributed by atoms with E-state index in [9.17, 15) is 4.39 Å². The third-order valence-corrected chi connectivity index (χ3v) is 2.57. The van der Waals surface area contributed by atoms with Gasteiger partial charge in [0.15, 0.2) is 0 Å². The Morgan fingerprint density at radius 3 is 2.87 bits per heavy atom. The van der Waals surface area contributed by atoms with E-state index >= 15 is 0 Å². The summed E-state index contributed by atoms with van der Waals surface area (Å²) in [6.07, 6.45) is 0. The summed E-state index contributed by atoms with van der Waals surface area (Å²) in [5.74, 6) is -0.370. The average Bonchev–Trinajstić information content (AvgIpc) is 2.18. The summed E-state index contributed by atoms with van der Waals surface area (Å²) in [7, 11) is 0. The molecule has 0 unspecified atom stereocenters. The number of benzene rings is 1. The Morgan fingerprint density at radius 2 is 2.20 bits per heavy atom. The molecule has 0 aliphatic carbocycles. The molecule has 4 heteroatoms.